The monoisotopic (exact) mass is 268 g/mol. The van der Waals surface area contributed by atoms with Crippen LogP contribution in [-0.2, 0) is 0 Å². The van der Waals surface area contributed by atoms with E-state index in [0.717, 1.165) is 17.8 Å². The predicted octanol–water partition coefficient (Wildman–Crippen LogP) is 3.75. The van der Waals surface area contributed by atoms with Crippen LogP contribution in [0.1, 0.15) is 60.3 Å². The summed E-state index contributed by atoms with van der Waals surface area (Å²) in [6.07, 6.45) is 5.19. The van der Waals surface area contributed by atoms with Crippen LogP contribution in [0.4, 0.5) is 0 Å². The Bertz CT molecular complexity index is 239. The second kappa shape index (κ2) is 8.26. The first-order valence-electron chi connectivity index (χ1n) is 8.45. The Kier molecular flexibility index (Phi) is 7.38. The van der Waals surface area contributed by atoms with Crippen molar-refractivity contribution in [3.63, 3.8) is 0 Å². The summed E-state index contributed by atoms with van der Waals surface area (Å²) < 4.78 is 0. The topological polar surface area (TPSA) is 29.3 Å². The molecule has 0 aromatic heterocycles. The van der Waals surface area contributed by atoms with E-state index >= 15 is 0 Å². The Morgan fingerprint density at radius 3 is 2.37 bits per heavy atom. The number of rotatable bonds is 7. The zero-order valence-corrected chi connectivity index (χ0v) is 13.9. The van der Waals surface area contributed by atoms with Gasteiger partial charge in [0.1, 0.15) is 0 Å². The van der Waals surface area contributed by atoms with E-state index in [9.17, 15) is 0 Å². The molecule has 0 aromatic carbocycles. The van der Waals surface area contributed by atoms with Gasteiger partial charge in [-0.15, -0.1) is 0 Å². The summed E-state index contributed by atoms with van der Waals surface area (Å²) in [5.41, 5.74) is 6.38. The molecule has 4 unspecified atom stereocenters. The summed E-state index contributed by atoms with van der Waals surface area (Å²) >= 11 is 0. The minimum atomic E-state index is 0.431. The van der Waals surface area contributed by atoms with Crippen LogP contribution in [0, 0.1) is 23.7 Å². The van der Waals surface area contributed by atoms with Crippen molar-refractivity contribution in [3.8, 4) is 0 Å². The maximum absolute atomic E-state index is 6.38. The van der Waals surface area contributed by atoms with Crippen molar-refractivity contribution < 1.29 is 0 Å². The van der Waals surface area contributed by atoms with Crippen LogP contribution in [-0.4, -0.2) is 30.6 Å². The van der Waals surface area contributed by atoms with Gasteiger partial charge >= 0.3 is 0 Å². The molecule has 1 saturated carbocycles. The van der Waals surface area contributed by atoms with Crippen LogP contribution in [0.25, 0.3) is 0 Å². The van der Waals surface area contributed by atoms with Crippen LogP contribution < -0.4 is 5.73 Å². The van der Waals surface area contributed by atoms with Crippen LogP contribution >= 0.6 is 0 Å². The molecule has 0 amide bonds. The molecule has 0 saturated heterocycles. The molecule has 0 aliphatic heterocycles. The number of nitrogens with two attached hydrogens (primary N) is 1. The van der Waals surface area contributed by atoms with Gasteiger partial charge in [0.05, 0.1) is 0 Å². The van der Waals surface area contributed by atoms with Gasteiger partial charge in [0, 0.05) is 19.1 Å². The molecule has 0 spiro atoms. The molecule has 0 bridgehead atoms. The summed E-state index contributed by atoms with van der Waals surface area (Å²) in [4.78, 5) is 2.63. The van der Waals surface area contributed by atoms with Crippen molar-refractivity contribution in [1.82, 2.24) is 4.90 Å². The Labute approximate surface area is 121 Å². The average Bonchev–Trinajstić information content (AvgIpc) is 2.39. The van der Waals surface area contributed by atoms with E-state index in [4.69, 9.17) is 5.73 Å². The molecule has 4 atom stereocenters. The van der Waals surface area contributed by atoms with Gasteiger partial charge in [-0.2, -0.15) is 0 Å². The van der Waals surface area contributed by atoms with Crippen molar-refractivity contribution in [3.05, 3.63) is 0 Å². The minimum absolute atomic E-state index is 0.431. The van der Waals surface area contributed by atoms with Crippen molar-refractivity contribution in [2.24, 2.45) is 29.4 Å². The molecule has 114 valence electrons. The van der Waals surface area contributed by atoms with Gasteiger partial charge in [-0.1, -0.05) is 41.0 Å². The Balaban J connectivity index is 2.51. The van der Waals surface area contributed by atoms with Crippen molar-refractivity contribution in [2.75, 3.05) is 19.6 Å². The highest BCUT2D eigenvalue weighted by Gasteiger charge is 2.30. The molecule has 1 fully saturated rings. The molecular weight excluding hydrogens is 232 g/mol. The van der Waals surface area contributed by atoms with Crippen molar-refractivity contribution in [2.45, 2.75) is 66.3 Å². The lowest BCUT2D eigenvalue weighted by Crippen LogP contribution is -2.44. The summed E-state index contributed by atoms with van der Waals surface area (Å²) in [7, 11) is 0. The normalized spacial score (nSPS) is 30.0. The van der Waals surface area contributed by atoms with E-state index in [0.29, 0.717) is 12.0 Å². The summed E-state index contributed by atoms with van der Waals surface area (Å²) in [6.45, 7) is 15.3. The molecular formula is C17H36N2. The average molecular weight is 268 g/mol. The van der Waals surface area contributed by atoms with Crippen LogP contribution in [0.3, 0.4) is 0 Å². The smallest absolute Gasteiger partial charge is 0.00795 e. The second-order valence-corrected chi connectivity index (χ2v) is 7.11. The van der Waals surface area contributed by atoms with E-state index in [1.165, 1.54) is 45.3 Å². The highest BCUT2D eigenvalue weighted by Crippen LogP contribution is 2.33. The molecule has 2 nitrogen and oxygen atoms in total. The molecule has 1 aliphatic rings. The molecule has 0 heterocycles. The summed E-state index contributed by atoms with van der Waals surface area (Å²) in [5.74, 6) is 3.23. The SMILES string of the molecule is CCC(C)CN(CC)CC1CC(C(C)C)CCC1N. The van der Waals surface area contributed by atoms with Gasteiger partial charge in [-0.05, 0) is 49.5 Å². The van der Waals surface area contributed by atoms with E-state index in [-0.39, 0.29) is 0 Å². The summed E-state index contributed by atoms with van der Waals surface area (Å²) in [6, 6.07) is 0.431. The van der Waals surface area contributed by atoms with Gasteiger partial charge in [0.15, 0.2) is 0 Å². The fourth-order valence-electron chi connectivity index (χ4n) is 3.37. The largest absolute Gasteiger partial charge is 0.327 e. The maximum atomic E-state index is 6.38. The second-order valence-electron chi connectivity index (χ2n) is 7.11. The fourth-order valence-corrected chi connectivity index (χ4v) is 3.37. The third-order valence-corrected chi connectivity index (χ3v) is 5.23. The highest BCUT2D eigenvalue weighted by molar-refractivity contribution is 4.85. The lowest BCUT2D eigenvalue weighted by Gasteiger charge is -2.39. The minimum Gasteiger partial charge on any atom is -0.327 e. The lowest BCUT2D eigenvalue weighted by atomic mass is 9.73. The molecule has 1 aliphatic carbocycles. The molecule has 0 radical (unpaired) electrons. The lowest BCUT2D eigenvalue weighted by molar-refractivity contribution is 0.130. The standard InChI is InChI=1S/C17H36N2/c1-6-14(5)11-19(7-2)12-16-10-15(13(3)4)8-9-17(16)18/h13-17H,6-12,18H2,1-5H3. The maximum Gasteiger partial charge on any atom is 0.00795 e. The van der Waals surface area contributed by atoms with Gasteiger partial charge < -0.3 is 10.6 Å². The van der Waals surface area contributed by atoms with Crippen molar-refractivity contribution >= 4 is 0 Å². The fraction of sp³-hybridized carbons (Fsp3) is 1.00. The third-order valence-electron chi connectivity index (χ3n) is 5.23. The van der Waals surface area contributed by atoms with Crippen LogP contribution in [0.5, 0.6) is 0 Å². The Morgan fingerprint density at radius 1 is 1.16 bits per heavy atom. The van der Waals surface area contributed by atoms with Crippen LogP contribution in [0.15, 0.2) is 0 Å². The molecule has 2 heteroatoms. The van der Waals surface area contributed by atoms with Gasteiger partial charge in [-0.25, -0.2) is 0 Å². The molecule has 2 N–H and O–H groups in total. The predicted molar refractivity (Wildman–Crippen MR) is 85.2 cm³/mol. The van der Waals surface area contributed by atoms with E-state index in [1.54, 1.807) is 0 Å². The van der Waals surface area contributed by atoms with Crippen molar-refractivity contribution in [1.29, 1.82) is 0 Å². The molecule has 19 heavy (non-hydrogen) atoms. The van der Waals surface area contributed by atoms with E-state index < -0.39 is 0 Å². The molecule has 1 rings (SSSR count). The zero-order valence-electron chi connectivity index (χ0n) is 13.9. The summed E-state index contributed by atoms with van der Waals surface area (Å²) in [5, 5.41) is 0. The first kappa shape index (κ1) is 17.0. The Hall–Kier alpha value is -0.0800. The number of hydrogen-bond donors (Lipinski definition) is 1. The van der Waals surface area contributed by atoms with E-state index in [1.807, 2.05) is 0 Å². The van der Waals surface area contributed by atoms with Gasteiger partial charge in [0.25, 0.3) is 0 Å². The van der Waals surface area contributed by atoms with E-state index in [2.05, 4.69) is 39.5 Å². The van der Waals surface area contributed by atoms with Gasteiger partial charge in [-0.3, -0.25) is 0 Å². The molecule has 0 aromatic rings. The first-order chi connectivity index (χ1) is 8.97. The number of hydrogen-bond acceptors (Lipinski definition) is 2. The first-order valence-corrected chi connectivity index (χ1v) is 8.45. The third kappa shape index (κ3) is 5.43. The van der Waals surface area contributed by atoms with Gasteiger partial charge in [0.2, 0.25) is 0 Å². The number of nitrogens with zero attached hydrogens (tertiary/aromatic N) is 1. The van der Waals surface area contributed by atoms with Crippen LogP contribution in [0.2, 0.25) is 0 Å². The quantitative estimate of drug-likeness (QED) is 0.762. The highest BCUT2D eigenvalue weighted by atomic mass is 15.1. The zero-order chi connectivity index (χ0) is 14.4. The Morgan fingerprint density at radius 2 is 1.84 bits per heavy atom.